The second-order valence-electron chi connectivity index (χ2n) is 7.53. The summed E-state index contributed by atoms with van der Waals surface area (Å²) in [5.41, 5.74) is 4.04. The van der Waals surface area contributed by atoms with Crippen molar-refractivity contribution >= 4 is 23.2 Å². The van der Waals surface area contributed by atoms with E-state index in [1.807, 2.05) is 30.3 Å². The van der Waals surface area contributed by atoms with Gasteiger partial charge >= 0.3 is 0 Å². The summed E-state index contributed by atoms with van der Waals surface area (Å²) in [6.45, 7) is 5.05. The third-order valence-electron chi connectivity index (χ3n) is 5.42. The molecule has 2 nitrogen and oxygen atoms in total. The van der Waals surface area contributed by atoms with Crippen molar-refractivity contribution < 1.29 is 4.39 Å². The summed E-state index contributed by atoms with van der Waals surface area (Å²) >= 11 is 13.2. The Balaban J connectivity index is 1.69. The van der Waals surface area contributed by atoms with E-state index in [0.717, 1.165) is 25.2 Å². The maximum absolute atomic E-state index is 14.3. The minimum atomic E-state index is -0.186. The predicted molar refractivity (Wildman–Crippen MR) is 118 cm³/mol. The Kier molecular flexibility index (Phi) is 6.21. The number of nitrogens with zero attached hydrogens (tertiary/aromatic N) is 2. The van der Waals surface area contributed by atoms with E-state index in [4.69, 9.17) is 23.2 Å². The first kappa shape index (κ1) is 20.4. The molecule has 0 amide bonds. The van der Waals surface area contributed by atoms with Gasteiger partial charge in [-0.1, -0.05) is 77.3 Å². The van der Waals surface area contributed by atoms with E-state index in [1.54, 1.807) is 6.07 Å². The fraction of sp³-hybridized carbons (Fsp3) is 0.250. The maximum Gasteiger partial charge on any atom is 0.127 e. The molecule has 0 aliphatic carbocycles. The van der Waals surface area contributed by atoms with Crippen LogP contribution in [0, 0.1) is 12.7 Å². The molecule has 1 saturated heterocycles. The molecule has 4 rings (SSSR count). The molecule has 1 aliphatic heterocycles. The monoisotopic (exact) mass is 428 g/mol. The molecule has 0 bridgehead atoms. The summed E-state index contributed by atoms with van der Waals surface area (Å²) in [4.78, 5) is 4.62. The predicted octanol–water partition coefficient (Wildman–Crippen LogP) is 6.46. The van der Waals surface area contributed by atoms with E-state index < -0.39 is 0 Å². The van der Waals surface area contributed by atoms with Gasteiger partial charge in [0.2, 0.25) is 0 Å². The third kappa shape index (κ3) is 4.49. The van der Waals surface area contributed by atoms with Gasteiger partial charge in [0.25, 0.3) is 0 Å². The quantitative estimate of drug-likeness (QED) is 0.460. The highest BCUT2D eigenvalue weighted by atomic mass is 35.5. The van der Waals surface area contributed by atoms with Crippen molar-refractivity contribution in [1.29, 1.82) is 0 Å². The standard InChI is InChI=1S/C24H23Cl2FN2/c1-17-6-4-7-18(14-17)15-28-12-13-29(16-19-8-2-3-11-22(19)27)24(28)23-20(25)9-5-10-21(23)26/h2-11,14,24H,12-13,15-16H2,1H3. The number of aryl methyl sites for hydroxylation is 1. The minimum Gasteiger partial charge on any atom is -0.278 e. The van der Waals surface area contributed by atoms with Crippen LogP contribution in [-0.4, -0.2) is 22.9 Å². The molecule has 1 aliphatic rings. The fourth-order valence-corrected chi connectivity index (χ4v) is 4.67. The maximum atomic E-state index is 14.3. The van der Waals surface area contributed by atoms with Crippen LogP contribution in [0.25, 0.3) is 0 Å². The lowest BCUT2D eigenvalue weighted by atomic mass is 10.1. The second kappa shape index (κ2) is 8.85. The number of benzene rings is 3. The average molecular weight is 429 g/mol. The van der Waals surface area contributed by atoms with Gasteiger partial charge < -0.3 is 0 Å². The van der Waals surface area contributed by atoms with Gasteiger partial charge in [0, 0.05) is 47.4 Å². The average Bonchev–Trinajstić information content (AvgIpc) is 3.06. The summed E-state index contributed by atoms with van der Waals surface area (Å²) in [5, 5.41) is 1.27. The number of rotatable bonds is 5. The van der Waals surface area contributed by atoms with Crippen LogP contribution < -0.4 is 0 Å². The van der Waals surface area contributed by atoms with Gasteiger partial charge in [-0.3, -0.25) is 9.80 Å². The van der Waals surface area contributed by atoms with Crippen molar-refractivity contribution in [3.05, 3.63) is 105 Å². The zero-order valence-corrected chi connectivity index (χ0v) is 17.8. The molecule has 0 saturated carbocycles. The number of hydrogen-bond donors (Lipinski definition) is 0. The Morgan fingerprint density at radius 2 is 1.52 bits per heavy atom. The van der Waals surface area contributed by atoms with Crippen LogP contribution in [0.5, 0.6) is 0 Å². The Labute approximate surface area is 181 Å². The summed E-state index contributed by atoms with van der Waals surface area (Å²) in [5.74, 6) is -0.186. The summed E-state index contributed by atoms with van der Waals surface area (Å²) in [7, 11) is 0. The van der Waals surface area contributed by atoms with Crippen LogP contribution in [0.3, 0.4) is 0 Å². The first-order valence-electron chi connectivity index (χ1n) is 9.74. The molecule has 0 radical (unpaired) electrons. The van der Waals surface area contributed by atoms with Crippen LogP contribution in [-0.2, 0) is 13.1 Å². The van der Waals surface area contributed by atoms with Crippen LogP contribution in [0.4, 0.5) is 4.39 Å². The molecule has 150 valence electrons. The molecule has 3 aromatic rings. The summed E-state index contributed by atoms with van der Waals surface area (Å²) in [6.07, 6.45) is -0.115. The van der Waals surface area contributed by atoms with Gasteiger partial charge in [0.1, 0.15) is 5.82 Å². The van der Waals surface area contributed by atoms with Crippen molar-refractivity contribution in [1.82, 2.24) is 9.80 Å². The van der Waals surface area contributed by atoms with E-state index in [-0.39, 0.29) is 12.0 Å². The molecule has 0 aromatic heterocycles. The van der Waals surface area contributed by atoms with E-state index in [2.05, 4.69) is 41.0 Å². The molecule has 1 atom stereocenters. The van der Waals surface area contributed by atoms with Gasteiger partial charge in [-0.15, -0.1) is 0 Å². The Morgan fingerprint density at radius 1 is 0.862 bits per heavy atom. The Morgan fingerprint density at radius 3 is 2.21 bits per heavy atom. The van der Waals surface area contributed by atoms with Crippen LogP contribution >= 0.6 is 23.2 Å². The highest BCUT2D eigenvalue weighted by Crippen LogP contribution is 2.40. The fourth-order valence-electron chi connectivity index (χ4n) is 4.08. The van der Waals surface area contributed by atoms with E-state index >= 15 is 0 Å². The molecule has 5 heteroatoms. The Bertz CT molecular complexity index is 987. The zero-order valence-electron chi connectivity index (χ0n) is 16.3. The van der Waals surface area contributed by atoms with Crippen molar-refractivity contribution in [2.75, 3.05) is 13.1 Å². The lowest BCUT2D eigenvalue weighted by Gasteiger charge is -2.32. The molecule has 0 N–H and O–H groups in total. The van der Waals surface area contributed by atoms with Crippen molar-refractivity contribution in [2.24, 2.45) is 0 Å². The van der Waals surface area contributed by atoms with E-state index in [1.165, 1.54) is 17.2 Å². The highest BCUT2D eigenvalue weighted by Gasteiger charge is 2.36. The van der Waals surface area contributed by atoms with Gasteiger partial charge in [0.05, 0.1) is 6.17 Å². The van der Waals surface area contributed by atoms with Crippen LogP contribution in [0.15, 0.2) is 66.7 Å². The normalized spacial score (nSPS) is 17.7. The highest BCUT2D eigenvalue weighted by molar-refractivity contribution is 6.36. The smallest absolute Gasteiger partial charge is 0.127 e. The van der Waals surface area contributed by atoms with Gasteiger partial charge in [-0.05, 0) is 30.7 Å². The van der Waals surface area contributed by atoms with Gasteiger partial charge in [-0.2, -0.15) is 0 Å². The van der Waals surface area contributed by atoms with E-state index in [0.29, 0.717) is 22.2 Å². The van der Waals surface area contributed by atoms with E-state index in [9.17, 15) is 4.39 Å². The SMILES string of the molecule is Cc1cccc(CN2CCN(Cc3ccccc3F)C2c2c(Cl)cccc2Cl)c1. The lowest BCUT2D eigenvalue weighted by molar-refractivity contribution is 0.125. The molecular weight excluding hydrogens is 406 g/mol. The van der Waals surface area contributed by atoms with Crippen molar-refractivity contribution in [3.63, 3.8) is 0 Å². The largest absolute Gasteiger partial charge is 0.278 e. The van der Waals surface area contributed by atoms with Crippen molar-refractivity contribution in [2.45, 2.75) is 26.2 Å². The number of hydrogen-bond acceptors (Lipinski definition) is 2. The molecule has 3 aromatic carbocycles. The Hall–Kier alpha value is -1.91. The summed E-state index contributed by atoms with van der Waals surface area (Å²) in [6, 6.07) is 21.0. The first-order valence-corrected chi connectivity index (χ1v) is 10.5. The number of halogens is 3. The molecular formula is C24H23Cl2FN2. The third-order valence-corrected chi connectivity index (χ3v) is 6.08. The molecule has 29 heavy (non-hydrogen) atoms. The minimum absolute atomic E-state index is 0.115. The first-order chi connectivity index (χ1) is 14.0. The molecule has 1 heterocycles. The lowest BCUT2D eigenvalue weighted by Crippen LogP contribution is -2.31. The van der Waals surface area contributed by atoms with Crippen LogP contribution in [0.2, 0.25) is 10.0 Å². The molecule has 0 spiro atoms. The zero-order chi connectivity index (χ0) is 20.4. The van der Waals surface area contributed by atoms with Crippen molar-refractivity contribution in [3.8, 4) is 0 Å². The second-order valence-corrected chi connectivity index (χ2v) is 8.34. The molecule has 1 unspecified atom stereocenters. The topological polar surface area (TPSA) is 6.48 Å². The van der Waals surface area contributed by atoms with Gasteiger partial charge in [0.15, 0.2) is 0 Å². The van der Waals surface area contributed by atoms with Crippen LogP contribution in [0.1, 0.15) is 28.4 Å². The van der Waals surface area contributed by atoms with Gasteiger partial charge in [-0.25, -0.2) is 4.39 Å². The summed E-state index contributed by atoms with van der Waals surface area (Å²) < 4.78 is 14.3. The molecule has 1 fully saturated rings.